The van der Waals surface area contributed by atoms with E-state index in [9.17, 15) is 4.79 Å². The Morgan fingerprint density at radius 3 is 2.17 bits per heavy atom. The Kier molecular flexibility index (Phi) is 5.16. The molecule has 1 unspecified atom stereocenters. The third-order valence-corrected chi connectivity index (χ3v) is 2.97. The number of anilines is 1. The second kappa shape index (κ2) is 6.40. The molecule has 1 N–H and O–H groups in total. The lowest BCUT2D eigenvalue weighted by Gasteiger charge is -2.18. The number of nitrogens with zero attached hydrogens (tertiary/aromatic N) is 2. The number of likely N-dealkylation sites (N-methyl/N-ethyl adjacent to an activating group) is 1. The molecular formula is C14H23N3O. The van der Waals surface area contributed by atoms with Crippen LogP contribution in [0.1, 0.15) is 18.5 Å². The first-order valence-corrected chi connectivity index (χ1v) is 6.12. The zero-order valence-corrected chi connectivity index (χ0v) is 11.9. The molecule has 100 valence electrons. The summed E-state index contributed by atoms with van der Waals surface area (Å²) in [7, 11) is 7.57. The van der Waals surface area contributed by atoms with E-state index in [-0.39, 0.29) is 11.9 Å². The lowest BCUT2D eigenvalue weighted by molar-refractivity contribution is -0.127. The largest absolute Gasteiger partial charge is 0.378 e. The summed E-state index contributed by atoms with van der Waals surface area (Å²) in [5.74, 6) is 0.0896. The highest BCUT2D eigenvalue weighted by molar-refractivity contribution is 5.77. The summed E-state index contributed by atoms with van der Waals surface area (Å²) in [6.45, 7) is 2.43. The Bertz CT molecular complexity index is 385. The van der Waals surface area contributed by atoms with E-state index in [0.717, 1.165) is 0 Å². The Morgan fingerprint density at radius 1 is 1.17 bits per heavy atom. The molecular weight excluding hydrogens is 226 g/mol. The molecule has 0 bridgehead atoms. The van der Waals surface area contributed by atoms with Crippen LogP contribution in [0.2, 0.25) is 0 Å². The number of amides is 1. The highest BCUT2D eigenvalue weighted by Gasteiger charge is 2.08. The van der Waals surface area contributed by atoms with Gasteiger partial charge in [0.2, 0.25) is 5.91 Å². The van der Waals surface area contributed by atoms with Gasteiger partial charge in [-0.1, -0.05) is 12.1 Å². The van der Waals surface area contributed by atoms with E-state index in [2.05, 4.69) is 41.4 Å². The first kappa shape index (κ1) is 14.5. The topological polar surface area (TPSA) is 35.6 Å². The zero-order chi connectivity index (χ0) is 13.7. The monoisotopic (exact) mass is 249 g/mol. The minimum atomic E-state index is 0.0896. The highest BCUT2D eigenvalue weighted by atomic mass is 16.2. The molecule has 4 nitrogen and oxygen atoms in total. The Labute approximate surface area is 110 Å². The van der Waals surface area contributed by atoms with Crippen molar-refractivity contribution >= 4 is 11.6 Å². The van der Waals surface area contributed by atoms with Crippen LogP contribution in [-0.2, 0) is 4.79 Å². The summed E-state index contributed by atoms with van der Waals surface area (Å²) in [5, 5.41) is 3.22. The zero-order valence-electron chi connectivity index (χ0n) is 11.9. The van der Waals surface area contributed by atoms with Crippen LogP contribution in [0.5, 0.6) is 0 Å². The fraction of sp³-hybridized carbons (Fsp3) is 0.500. The molecule has 0 radical (unpaired) electrons. The SMILES string of the molecule is CC(NCC(=O)N(C)C)c1ccc(N(C)C)cc1. The molecule has 0 spiro atoms. The highest BCUT2D eigenvalue weighted by Crippen LogP contribution is 2.17. The van der Waals surface area contributed by atoms with E-state index < -0.39 is 0 Å². The molecule has 0 saturated heterocycles. The molecule has 1 aromatic carbocycles. The first-order valence-electron chi connectivity index (χ1n) is 6.12. The minimum Gasteiger partial charge on any atom is -0.378 e. The number of hydrogen-bond donors (Lipinski definition) is 1. The van der Waals surface area contributed by atoms with Crippen molar-refractivity contribution in [2.75, 3.05) is 39.6 Å². The molecule has 1 aromatic rings. The molecule has 1 amide bonds. The normalized spacial score (nSPS) is 12.1. The van der Waals surface area contributed by atoms with Crippen molar-refractivity contribution in [1.29, 1.82) is 0 Å². The van der Waals surface area contributed by atoms with Crippen molar-refractivity contribution in [3.05, 3.63) is 29.8 Å². The van der Waals surface area contributed by atoms with Gasteiger partial charge >= 0.3 is 0 Å². The van der Waals surface area contributed by atoms with Crippen molar-refractivity contribution in [1.82, 2.24) is 10.2 Å². The fourth-order valence-corrected chi connectivity index (χ4v) is 1.58. The van der Waals surface area contributed by atoms with Gasteiger partial charge in [-0.05, 0) is 24.6 Å². The van der Waals surface area contributed by atoms with Crippen molar-refractivity contribution < 1.29 is 4.79 Å². The van der Waals surface area contributed by atoms with Crippen LogP contribution in [0.15, 0.2) is 24.3 Å². The summed E-state index contributed by atoms with van der Waals surface area (Å²) < 4.78 is 0. The Morgan fingerprint density at radius 2 is 1.72 bits per heavy atom. The van der Waals surface area contributed by atoms with Crippen LogP contribution in [0.4, 0.5) is 5.69 Å². The molecule has 0 fully saturated rings. The van der Waals surface area contributed by atoms with Gasteiger partial charge in [0.05, 0.1) is 6.54 Å². The van der Waals surface area contributed by atoms with Gasteiger partial charge in [-0.3, -0.25) is 4.79 Å². The third kappa shape index (κ3) is 4.04. The standard InChI is InChI=1S/C14H23N3O/c1-11(15-10-14(18)17(4)5)12-6-8-13(9-7-12)16(2)3/h6-9,11,15H,10H2,1-5H3. The number of hydrogen-bond acceptors (Lipinski definition) is 3. The van der Waals surface area contributed by atoms with Gasteiger partial charge in [-0.25, -0.2) is 0 Å². The van der Waals surface area contributed by atoms with Gasteiger partial charge in [0.1, 0.15) is 0 Å². The number of carbonyl (C=O) groups is 1. The number of nitrogens with one attached hydrogen (secondary N) is 1. The van der Waals surface area contributed by atoms with E-state index in [0.29, 0.717) is 6.54 Å². The maximum atomic E-state index is 11.5. The molecule has 0 saturated carbocycles. The molecule has 0 aliphatic carbocycles. The number of carbonyl (C=O) groups excluding carboxylic acids is 1. The van der Waals surface area contributed by atoms with Crippen LogP contribution in [0.25, 0.3) is 0 Å². The van der Waals surface area contributed by atoms with Crippen molar-refractivity contribution in [2.24, 2.45) is 0 Å². The molecule has 0 aromatic heterocycles. The van der Waals surface area contributed by atoms with Crippen LogP contribution >= 0.6 is 0 Å². The molecule has 0 heterocycles. The smallest absolute Gasteiger partial charge is 0.236 e. The molecule has 0 aliphatic heterocycles. The quantitative estimate of drug-likeness (QED) is 0.859. The molecule has 1 rings (SSSR count). The summed E-state index contributed by atoms with van der Waals surface area (Å²) in [6.07, 6.45) is 0. The second-order valence-electron chi connectivity index (χ2n) is 4.88. The van der Waals surface area contributed by atoms with Crippen molar-refractivity contribution in [3.63, 3.8) is 0 Å². The maximum absolute atomic E-state index is 11.5. The van der Waals surface area contributed by atoms with E-state index >= 15 is 0 Å². The summed E-state index contributed by atoms with van der Waals surface area (Å²) in [6, 6.07) is 8.52. The molecule has 1 atom stereocenters. The molecule has 4 heteroatoms. The number of rotatable bonds is 5. The minimum absolute atomic E-state index is 0.0896. The maximum Gasteiger partial charge on any atom is 0.236 e. The van der Waals surface area contributed by atoms with Crippen molar-refractivity contribution in [3.8, 4) is 0 Å². The molecule has 18 heavy (non-hydrogen) atoms. The Balaban J connectivity index is 2.56. The van der Waals surface area contributed by atoms with Gasteiger partial charge in [-0.15, -0.1) is 0 Å². The number of benzene rings is 1. The van der Waals surface area contributed by atoms with Crippen LogP contribution in [-0.4, -0.2) is 45.5 Å². The van der Waals surface area contributed by atoms with Crippen LogP contribution in [0, 0.1) is 0 Å². The van der Waals surface area contributed by atoms with E-state index in [4.69, 9.17) is 0 Å². The van der Waals surface area contributed by atoms with E-state index in [1.54, 1.807) is 19.0 Å². The van der Waals surface area contributed by atoms with Gasteiger partial charge in [0.25, 0.3) is 0 Å². The van der Waals surface area contributed by atoms with Gasteiger partial charge in [0.15, 0.2) is 0 Å². The van der Waals surface area contributed by atoms with Gasteiger partial charge in [0, 0.05) is 39.9 Å². The fourth-order valence-electron chi connectivity index (χ4n) is 1.58. The third-order valence-electron chi connectivity index (χ3n) is 2.97. The lowest BCUT2D eigenvalue weighted by atomic mass is 10.1. The average Bonchev–Trinajstić information content (AvgIpc) is 2.35. The predicted octanol–water partition coefficient (Wildman–Crippen LogP) is 1.49. The van der Waals surface area contributed by atoms with Crippen LogP contribution in [0.3, 0.4) is 0 Å². The van der Waals surface area contributed by atoms with E-state index in [1.165, 1.54) is 11.3 Å². The van der Waals surface area contributed by atoms with Gasteiger partial charge in [-0.2, -0.15) is 0 Å². The average molecular weight is 249 g/mol. The van der Waals surface area contributed by atoms with Crippen molar-refractivity contribution in [2.45, 2.75) is 13.0 Å². The first-order chi connectivity index (χ1) is 8.41. The molecule has 0 aliphatic rings. The van der Waals surface area contributed by atoms with E-state index in [1.807, 2.05) is 14.1 Å². The Hall–Kier alpha value is -1.55. The van der Waals surface area contributed by atoms with Gasteiger partial charge < -0.3 is 15.1 Å². The lowest BCUT2D eigenvalue weighted by Crippen LogP contribution is -2.34. The summed E-state index contributed by atoms with van der Waals surface area (Å²) in [4.78, 5) is 15.1. The summed E-state index contributed by atoms with van der Waals surface area (Å²) >= 11 is 0. The predicted molar refractivity (Wildman–Crippen MR) is 75.9 cm³/mol. The summed E-state index contributed by atoms with van der Waals surface area (Å²) in [5.41, 5.74) is 2.36. The van der Waals surface area contributed by atoms with Crippen LogP contribution < -0.4 is 10.2 Å². The second-order valence-corrected chi connectivity index (χ2v) is 4.88.